The number of hydrogen-bond acceptors (Lipinski definition) is 4. The van der Waals surface area contributed by atoms with Crippen LogP contribution in [0, 0.1) is 0 Å². The van der Waals surface area contributed by atoms with Gasteiger partial charge in [0.15, 0.2) is 0 Å². The lowest BCUT2D eigenvalue weighted by molar-refractivity contribution is -0.116. The zero-order chi connectivity index (χ0) is 15.1. The van der Waals surface area contributed by atoms with E-state index < -0.39 is 0 Å². The van der Waals surface area contributed by atoms with E-state index in [0.717, 1.165) is 19.6 Å². The largest absolute Gasteiger partial charge is 0.494 e. The summed E-state index contributed by atoms with van der Waals surface area (Å²) in [6, 6.07) is 5.25. The molecule has 0 saturated carbocycles. The zero-order valence-electron chi connectivity index (χ0n) is 12.7. The van der Waals surface area contributed by atoms with E-state index >= 15 is 0 Å². The molecule has 0 radical (unpaired) electrons. The number of nitrogen functional groups attached to an aromatic ring is 1. The Kier molecular flexibility index (Phi) is 5.87. The molecule has 116 valence electrons. The third kappa shape index (κ3) is 4.93. The van der Waals surface area contributed by atoms with Crippen molar-refractivity contribution >= 4 is 17.3 Å². The summed E-state index contributed by atoms with van der Waals surface area (Å²) < 4.78 is 5.23. The number of nitrogens with two attached hydrogens (primary N) is 1. The average Bonchev–Trinajstić information content (AvgIpc) is 2.75. The molecule has 2 rings (SSSR count). The van der Waals surface area contributed by atoms with Gasteiger partial charge in [-0.2, -0.15) is 0 Å². The molecular formula is C16H25N3O2. The van der Waals surface area contributed by atoms with Crippen LogP contribution in [0.3, 0.4) is 0 Å². The summed E-state index contributed by atoms with van der Waals surface area (Å²) >= 11 is 0. The van der Waals surface area contributed by atoms with E-state index in [1.807, 2.05) is 0 Å². The molecule has 1 amide bonds. The van der Waals surface area contributed by atoms with Crippen LogP contribution < -0.4 is 15.8 Å². The minimum Gasteiger partial charge on any atom is -0.494 e. The van der Waals surface area contributed by atoms with Crippen LogP contribution in [0.1, 0.15) is 32.1 Å². The van der Waals surface area contributed by atoms with Crippen LogP contribution in [-0.4, -0.2) is 37.6 Å². The molecule has 1 aliphatic heterocycles. The molecule has 1 heterocycles. The second-order valence-corrected chi connectivity index (χ2v) is 5.51. The van der Waals surface area contributed by atoms with Crippen molar-refractivity contribution < 1.29 is 9.53 Å². The molecule has 0 atom stereocenters. The summed E-state index contributed by atoms with van der Waals surface area (Å²) in [6.07, 6.45) is 5.62. The lowest BCUT2D eigenvalue weighted by atomic mass is 10.2. The standard InChI is InChI=1S/C16H25N3O2/c1-21-15-12-13(17)6-7-14(15)18-16(20)8-11-19-9-4-2-3-5-10-19/h6-7,12H,2-5,8-11,17H2,1H3,(H,18,20). The van der Waals surface area contributed by atoms with Gasteiger partial charge in [-0.1, -0.05) is 12.8 Å². The lowest BCUT2D eigenvalue weighted by Gasteiger charge is -2.19. The Morgan fingerprint density at radius 2 is 2.00 bits per heavy atom. The van der Waals surface area contributed by atoms with Crippen molar-refractivity contribution in [3.63, 3.8) is 0 Å². The van der Waals surface area contributed by atoms with Gasteiger partial charge in [0.25, 0.3) is 0 Å². The van der Waals surface area contributed by atoms with Crippen LogP contribution in [0.25, 0.3) is 0 Å². The Labute approximate surface area is 126 Å². The molecule has 1 fully saturated rings. The molecule has 1 saturated heterocycles. The summed E-state index contributed by atoms with van der Waals surface area (Å²) in [4.78, 5) is 14.5. The molecule has 0 aromatic heterocycles. The Hall–Kier alpha value is -1.75. The fourth-order valence-electron chi connectivity index (χ4n) is 2.64. The summed E-state index contributed by atoms with van der Waals surface area (Å²) in [5.74, 6) is 0.612. The zero-order valence-corrected chi connectivity index (χ0v) is 12.7. The molecule has 0 unspecified atom stereocenters. The van der Waals surface area contributed by atoms with Crippen LogP contribution in [0.4, 0.5) is 11.4 Å². The van der Waals surface area contributed by atoms with Gasteiger partial charge in [-0.15, -0.1) is 0 Å². The smallest absolute Gasteiger partial charge is 0.225 e. The van der Waals surface area contributed by atoms with Gasteiger partial charge in [0.05, 0.1) is 12.8 Å². The second kappa shape index (κ2) is 7.88. The first-order valence-electron chi connectivity index (χ1n) is 7.65. The number of rotatable bonds is 5. The first kappa shape index (κ1) is 15.6. The maximum absolute atomic E-state index is 12.1. The van der Waals surface area contributed by atoms with E-state index in [-0.39, 0.29) is 5.91 Å². The highest BCUT2D eigenvalue weighted by molar-refractivity contribution is 5.92. The Bertz CT molecular complexity index is 469. The molecule has 0 aliphatic carbocycles. The van der Waals surface area contributed by atoms with Crippen molar-refractivity contribution in [1.82, 2.24) is 4.90 Å². The van der Waals surface area contributed by atoms with E-state index in [9.17, 15) is 4.79 Å². The topological polar surface area (TPSA) is 67.6 Å². The molecule has 3 N–H and O–H groups in total. The monoisotopic (exact) mass is 291 g/mol. The van der Waals surface area contributed by atoms with E-state index in [0.29, 0.717) is 23.5 Å². The molecule has 0 bridgehead atoms. The fourth-order valence-corrected chi connectivity index (χ4v) is 2.64. The van der Waals surface area contributed by atoms with Gasteiger partial charge >= 0.3 is 0 Å². The second-order valence-electron chi connectivity index (χ2n) is 5.51. The number of carbonyl (C=O) groups excluding carboxylic acids is 1. The van der Waals surface area contributed by atoms with E-state index in [4.69, 9.17) is 10.5 Å². The number of carbonyl (C=O) groups is 1. The Balaban J connectivity index is 1.84. The number of nitrogens with one attached hydrogen (secondary N) is 1. The van der Waals surface area contributed by atoms with Crippen LogP contribution in [0.15, 0.2) is 18.2 Å². The van der Waals surface area contributed by atoms with Gasteiger partial charge in [0, 0.05) is 24.7 Å². The van der Waals surface area contributed by atoms with Gasteiger partial charge < -0.3 is 20.7 Å². The lowest BCUT2D eigenvalue weighted by Crippen LogP contribution is -2.28. The highest BCUT2D eigenvalue weighted by atomic mass is 16.5. The van der Waals surface area contributed by atoms with Crippen molar-refractivity contribution in [1.29, 1.82) is 0 Å². The quantitative estimate of drug-likeness (QED) is 0.818. The molecule has 1 aromatic carbocycles. The number of hydrogen-bond donors (Lipinski definition) is 2. The van der Waals surface area contributed by atoms with Crippen molar-refractivity contribution in [2.45, 2.75) is 32.1 Å². The number of likely N-dealkylation sites (tertiary alicyclic amines) is 1. The van der Waals surface area contributed by atoms with Crippen LogP contribution in [-0.2, 0) is 4.79 Å². The first-order valence-corrected chi connectivity index (χ1v) is 7.65. The number of anilines is 2. The number of amides is 1. The molecule has 5 nitrogen and oxygen atoms in total. The summed E-state index contributed by atoms with van der Waals surface area (Å²) in [7, 11) is 1.57. The number of benzene rings is 1. The minimum absolute atomic E-state index is 0.0160. The minimum atomic E-state index is 0.0160. The predicted octanol–water partition coefficient (Wildman–Crippen LogP) is 2.48. The van der Waals surface area contributed by atoms with Gasteiger partial charge in [0.1, 0.15) is 5.75 Å². The maximum Gasteiger partial charge on any atom is 0.225 e. The molecule has 0 spiro atoms. The summed E-state index contributed by atoms with van der Waals surface area (Å²) in [6.45, 7) is 3.04. The third-order valence-corrected chi connectivity index (χ3v) is 3.85. The fraction of sp³-hybridized carbons (Fsp3) is 0.562. The van der Waals surface area contributed by atoms with Crippen molar-refractivity contribution in [3.05, 3.63) is 18.2 Å². The maximum atomic E-state index is 12.1. The van der Waals surface area contributed by atoms with Crippen molar-refractivity contribution in [3.8, 4) is 5.75 Å². The first-order chi connectivity index (χ1) is 10.2. The summed E-state index contributed by atoms with van der Waals surface area (Å²) in [5.41, 5.74) is 7.00. The van der Waals surface area contributed by atoms with E-state index in [1.54, 1.807) is 25.3 Å². The Morgan fingerprint density at radius 1 is 1.29 bits per heavy atom. The van der Waals surface area contributed by atoms with Crippen molar-refractivity contribution in [2.24, 2.45) is 0 Å². The van der Waals surface area contributed by atoms with Gasteiger partial charge in [0.2, 0.25) is 5.91 Å². The van der Waals surface area contributed by atoms with Crippen LogP contribution in [0.5, 0.6) is 5.75 Å². The van der Waals surface area contributed by atoms with Gasteiger partial charge in [-0.05, 0) is 38.1 Å². The average molecular weight is 291 g/mol. The summed E-state index contributed by atoms with van der Waals surface area (Å²) in [5, 5.41) is 2.90. The third-order valence-electron chi connectivity index (χ3n) is 3.85. The molecule has 1 aromatic rings. The van der Waals surface area contributed by atoms with Gasteiger partial charge in [-0.25, -0.2) is 0 Å². The normalized spacial score (nSPS) is 16.2. The molecule has 21 heavy (non-hydrogen) atoms. The Morgan fingerprint density at radius 3 is 2.67 bits per heavy atom. The number of methoxy groups -OCH3 is 1. The van der Waals surface area contributed by atoms with Gasteiger partial charge in [-0.3, -0.25) is 4.79 Å². The SMILES string of the molecule is COc1cc(N)ccc1NC(=O)CCN1CCCCCC1. The van der Waals surface area contributed by atoms with Crippen molar-refractivity contribution in [2.75, 3.05) is 37.8 Å². The van der Waals surface area contributed by atoms with Crippen LogP contribution in [0.2, 0.25) is 0 Å². The van der Waals surface area contributed by atoms with Crippen LogP contribution >= 0.6 is 0 Å². The number of nitrogens with zero attached hydrogens (tertiary/aromatic N) is 1. The molecular weight excluding hydrogens is 266 g/mol. The molecule has 1 aliphatic rings. The predicted molar refractivity (Wildman–Crippen MR) is 85.6 cm³/mol. The highest BCUT2D eigenvalue weighted by Crippen LogP contribution is 2.26. The van der Waals surface area contributed by atoms with E-state index in [1.165, 1.54) is 25.7 Å². The highest BCUT2D eigenvalue weighted by Gasteiger charge is 2.12. The number of ether oxygens (including phenoxy) is 1. The van der Waals surface area contributed by atoms with E-state index in [2.05, 4.69) is 10.2 Å². The molecule has 5 heteroatoms.